The number of allylic oxidation sites excluding steroid dienone is 4. The molecule has 198 valence electrons. The first-order valence-electron chi connectivity index (χ1n) is 14.0. The summed E-state index contributed by atoms with van der Waals surface area (Å²) in [5.41, 5.74) is 8.19. The summed E-state index contributed by atoms with van der Waals surface area (Å²) < 4.78 is 2.22. The molecule has 40 heavy (non-hydrogen) atoms. The molecule has 0 aliphatic heterocycles. The molecular weight excluding hydrogens is 486 g/mol. The van der Waals surface area contributed by atoms with Crippen LogP contribution in [-0.2, 0) is 10.8 Å². The molecule has 3 nitrogen and oxygen atoms in total. The monoisotopic (exact) mass is 521 g/mol. The van der Waals surface area contributed by atoms with Gasteiger partial charge in [0.05, 0.1) is 0 Å². The molecule has 0 N–H and O–H groups in total. The lowest BCUT2D eigenvalue weighted by Crippen LogP contribution is -2.25. The number of benzene rings is 4. The maximum Gasteiger partial charge on any atom is 0.168 e. The topological polar surface area (TPSA) is 30.7 Å². The highest BCUT2D eigenvalue weighted by Crippen LogP contribution is 2.38. The van der Waals surface area contributed by atoms with Gasteiger partial charge < -0.3 is 0 Å². The Morgan fingerprint density at radius 1 is 0.650 bits per heavy atom. The van der Waals surface area contributed by atoms with Crippen molar-refractivity contribution in [3.63, 3.8) is 0 Å². The van der Waals surface area contributed by atoms with Gasteiger partial charge in [0.15, 0.2) is 5.82 Å². The Bertz CT molecular complexity index is 1670. The molecule has 0 fully saturated rings. The Hall–Kier alpha value is -4.50. The summed E-state index contributed by atoms with van der Waals surface area (Å²) >= 11 is 0. The van der Waals surface area contributed by atoms with Gasteiger partial charge in [-0.1, -0.05) is 136 Å². The molecule has 1 aliphatic rings. The lowest BCUT2D eigenvalue weighted by atomic mass is 9.79. The third-order valence-corrected chi connectivity index (χ3v) is 7.90. The van der Waals surface area contributed by atoms with E-state index in [2.05, 4.69) is 148 Å². The molecule has 1 aliphatic carbocycles. The minimum absolute atomic E-state index is 0.148. The lowest BCUT2D eigenvalue weighted by molar-refractivity contribution is 0.545. The summed E-state index contributed by atoms with van der Waals surface area (Å²) in [4.78, 5) is 0. The van der Waals surface area contributed by atoms with E-state index in [9.17, 15) is 0 Å². The SMILES string of the molecule is CC(C)(C)c1ccc(C2=CCC(C)(c3nnc(-c4ccc(-c5ccccc5)cc4)n3-c3ccccc3)C=C2)cc1. The molecule has 1 heterocycles. The summed E-state index contributed by atoms with van der Waals surface area (Å²) in [6, 6.07) is 38.5. The van der Waals surface area contributed by atoms with Crippen molar-refractivity contribution < 1.29 is 0 Å². The summed E-state index contributed by atoms with van der Waals surface area (Å²) in [5.74, 6) is 1.79. The molecule has 1 unspecified atom stereocenters. The molecule has 0 spiro atoms. The van der Waals surface area contributed by atoms with Gasteiger partial charge in [-0.05, 0) is 58.7 Å². The van der Waals surface area contributed by atoms with Crippen molar-refractivity contribution >= 4 is 5.57 Å². The highest BCUT2D eigenvalue weighted by Gasteiger charge is 2.33. The maximum atomic E-state index is 4.81. The zero-order valence-corrected chi connectivity index (χ0v) is 23.7. The standard InChI is InChI=1S/C37H35N3/c1-36(2,3)32-21-19-29(20-22-32)30-23-25-37(4,26-24-30)35-39-38-34(40(35)33-13-9-6-10-14-33)31-17-15-28(16-18-31)27-11-7-5-8-12-27/h5-25H,26H2,1-4H3. The van der Waals surface area contributed by atoms with E-state index in [-0.39, 0.29) is 10.8 Å². The fourth-order valence-corrected chi connectivity index (χ4v) is 5.38. The van der Waals surface area contributed by atoms with Gasteiger partial charge in [0.1, 0.15) is 5.82 Å². The van der Waals surface area contributed by atoms with Gasteiger partial charge >= 0.3 is 0 Å². The Morgan fingerprint density at radius 3 is 1.82 bits per heavy atom. The van der Waals surface area contributed by atoms with Crippen molar-refractivity contribution in [2.75, 3.05) is 0 Å². The maximum absolute atomic E-state index is 4.81. The quantitative estimate of drug-likeness (QED) is 0.231. The fraction of sp³-hybridized carbons (Fsp3) is 0.189. The first kappa shape index (κ1) is 25.8. The molecule has 6 rings (SSSR count). The zero-order valence-electron chi connectivity index (χ0n) is 23.7. The predicted molar refractivity (Wildman–Crippen MR) is 166 cm³/mol. The van der Waals surface area contributed by atoms with Crippen LogP contribution in [0.5, 0.6) is 0 Å². The molecule has 0 amide bonds. The van der Waals surface area contributed by atoms with E-state index in [1.54, 1.807) is 0 Å². The molecule has 0 saturated heterocycles. The third kappa shape index (κ3) is 4.96. The number of nitrogens with zero attached hydrogens (tertiary/aromatic N) is 3. The van der Waals surface area contributed by atoms with E-state index in [1.165, 1.54) is 27.8 Å². The van der Waals surface area contributed by atoms with Crippen molar-refractivity contribution in [3.05, 3.63) is 144 Å². The van der Waals surface area contributed by atoms with Crippen LogP contribution in [0.15, 0.2) is 127 Å². The number of rotatable bonds is 5. The van der Waals surface area contributed by atoms with Crippen LogP contribution >= 0.6 is 0 Å². The van der Waals surface area contributed by atoms with Gasteiger partial charge in [-0.25, -0.2) is 0 Å². The average Bonchev–Trinajstić information content (AvgIpc) is 3.45. The Kier molecular flexibility index (Phi) is 6.59. The Labute approximate surface area is 237 Å². The van der Waals surface area contributed by atoms with Crippen LogP contribution in [0.25, 0.3) is 33.8 Å². The van der Waals surface area contributed by atoms with Gasteiger partial charge in [-0.2, -0.15) is 0 Å². The minimum Gasteiger partial charge on any atom is -0.278 e. The summed E-state index contributed by atoms with van der Waals surface area (Å²) in [6.45, 7) is 9.01. The van der Waals surface area contributed by atoms with Crippen molar-refractivity contribution in [1.82, 2.24) is 14.8 Å². The van der Waals surface area contributed by atoms with Crippen LogP contribution in [-0.4, -0.2) is 14.8 Å². The van der Waals surface area contributed by atoms with Gasteiger partial charge in [0.2, 0.25) is 0 Å². The van der Waals surface area contributed by atoms with Crippen LogP contribution in [0.2, 0.25) is 0 Å². The second-order valence-corrected chi connectivity index (χ2v) is 11.9. The number of hydrogen-bond acceptors (Lipinski definition) is 2. The highest BCUT2D eigenvalue weighted by atomic mass is 15.3. The number of aromatic nitrogens is 3. The highest BCUT2D eigenvalue weighted by molar-refractivity contribution is 5.76. The number of hydrogen-bond donors (Lipinski definition) is 0. The van der Waals surface area contributed by atoms with E-state index in [1.807, 2.05) is 12.1 Å². The normalized spacial score (nSPS) is 17.1. The fourth-order valence-electron chi connectivity index (χ4n) is 5.38. The first-order valence-corrected chi connectivity index (χ1v) is 14.0. The summed E-state index contributed by atoms with van der Waals surface area (Å²) in [6.07, 6.45) is 7.72. The summed E-state index contributed by atoms with van der Waals surface area (Å²) in [7, 11) is 0. The molecule has 0 radical (unpaired) electrons. The smallest absolute Gasteiger partial charge is 0.168 e. The average molecular weight is 522 g/mol. The largest absolute Gasteiger partial charge is 0.278 e. The van der Waals surface area contributed by atoms with Gasteiger partial charge in [-0.15, -0.1) is 10.2 Å². The third-order valence-electron chi connectivity index (χ3n) is 7.90. The first-order chi connectivity index (χ1) is 19.3. The van der Waals surface area contributed by atoms with Crippen LogP contribution in [0.1, 0.15) is 51.1 Å². The number of para-hydroxylation sites is 1. The molecule has 1 atom stereocenters. The van der Waals surface area contributed by atoms with Gasteiger partial charge in [-0.3, -0.25) is 4.57 Å². The molecule has 5 aromatic rings. The second-order valence-electron chi connectivity index (χ2n) is 11.9. The van der Waals surface area contributed by atoms with E-state index < -0.39 is 0 Å². The zero-order chi connectivity index (χ0) is 27.7. The van der Waals surface area contributed by atoms with Crippen LogP contribution in [0, 0.1) is 0 Å². The van der Waals surface area contributed by atoms with Crippen LogP contribution < -0.4 is 0 Å². The summed E-state index contributed by atoms with van der Waals surface area (Å²) in [5, 5.41) is 9.57. The van der Waals surface area contributed by atoms with E-state index in [4.69, 9.17) is 10.2 Å². The minimum atomic E-state index is -0.292. The van der Waals surface area contributed by atoms with E-state index in [0.29, 0.717) is 0 Å². The second kappa shape index (κ2) is 10.2. The Balaban J connectivity index is 1.35. The molecule has 1 aromatic heterocycles. The molecule has 0 saturated carbocycles. The molecule has 0 bridgehead atoms. The van der Waals surface area contributed by atoms with Crippen LogP contribution in [0.4, 0.5) is 0 Å². The van der Waals surface area contributed by atoms with Gasteiger partial charge in [0.25, 0.3) is 0 Å². The molecule has 3 heteroatoms. The Morgan fingerprint density at radius 2 is 1.23 bits per heavy atom. The molecule has 4 aromatic carbocycles. The van der Waals surface area contributed by atoms with Crippen molar-refractivity contribution in [2.45, 2.75) is 44.9 Å². The van der Waals surface area contributed by atoms with Gasteiger partial charge in [0, 0.05) is 16.7 Å². The lowest BCUT2D eigenvalue weighted by Gasteiger charge is -2.28. The van der Waals surface area contributed by atoms with Crippen molar-refractivity contribution in [3.8, 4) is 28.2 Å². The predicted octanol–water partition coefficient (Wildman–Crippen LogP) is 9.20. The van der Waals surface area contributed by atoms with E-state index >= 15 is 0 Å². The molecular formula is C37H35N3. The van der Waals surface area contributed by atoms with Crippen molar-refractivity contribution in [2.24, 2.45) is 0 Å². The van der Waals surface area contributed by atoms with Crippen molar-refractivity contribution in [1.29, 1.82) is 0 Å². The van der Waals surface area contributed by atoms with Crippen LogP contribution in [0.3, 0.4) is 0 Å². The van der Waals surface area contributed by atoms with E-state index in [0.717, 1.165) is 29.3 Å².